The smallest absolute Gasteiger partial charge is 0.410 e. The number of halogens is 1. The average molecular weight is 354 g/mol. The zero-order chi connectivity index (χ0) is 13.1. The largest absolute Gasteiger partial charge is 0.444 e. The van der Waals surface area contributed by atoms with Gasteiger partial charge in [-0.1, -0.05) is 0 Å². The Bertz CT molecular complexity index is 294. The van der Waals surface area contributed by atoms with Crippen molar-refractivity contribution in [3.8, 4) is 0 Å². The number of hydrogen-bond donors (Lipinski definition) is 1. The Balaban J connectivity index is 2.36. The maximum Gasteiger partial charge on any atom is 0.410 e. The van der Waals surface area contributed by atoms with Crippen LogP contribution in [0.4, 0.5) is 9.59 Å². The van der Waals surface area contributed by atoms with Crippen LogP contribution in [0.2, 0.25) is 0 Å². The predicted octanol–water partition coefficient (Wildman–Crippen LogP) is 2.53. The normalized spacial score (nSPS) is 17.8. The van der Waals surface area contributed by atoms with E-state index in [0.29, 0.717) is 13.1 Å². The van der Waals surface area contributed by atoms with E-state index in [1.165, 1.54) is 0 Å². The van der Waals surface area contributed by atoms with Crippen LogP contribution >= 0.6 is 22.6 Å². The molecule has 1 rings (SSSR count). The molecule has 0 aliphatic carbocycles. The van der Waals surface area contributed by atoms with E-state index in [0.717, 1.165) is 12.8 Å². The molecule has 0 atom stereocenters. The van der Waals surface area contributed by atoms with Gasteiger partial charge in [0.25, 0.3) is 3.91 Å². The lowest BCUT2D eigenvalue weighted by atomic mass is 10.1. The van der Waals surface area contributed by atoms with Crippen LogP contribution in [0.1, 0.15) is 33.6 Å². The van der Waals surface area contributed by atoms with Crippen molar-refractivity contribution in [2.45, 2.75) is 45.3 Å². The molecule has 1 aliphatic rings. The second-order valence-corrected chi connectivity index (χ2v) is 6.14. The molecule has 17 heavy (non-hydrogen) atoms. The summed E-state index contributed by atoms with van der Waals surface area (Å²) in [7, 11) is 0. The van der Waals surface area contributed by atoms with Crippen molar-refractivity contribution in [3.05, 3.63) is 0 Å². The SMILES string of the molecule is CC(C)(C)OC(=O)N1CCC(NC(=O)I)CC1. The molecule has 0 aromatic carbocycles. The van der Waals surface area contributed by atoms with E-state index < -0.39 is 5.60 Å². The first-order chi connectivity index (χ1) is 7.78. The molecule has 2 amide bonds. The van der Waals surface area contributed by atoms with Gasteiger partial charge in [-0.2, -0.15) is 0 Å². The van der Waals surface area contributed by atoms with Crippen LogP contribution in [-0.4, -0.2) is 39.6 Å². The molecule has 0 spiro atoms. The van der Waals surface area contributed by atoms with Crippen LogP contribution in [0.3, 0.4) is 0 Å². The first-order valence-electron chi connectivity index (χ1n) is 5.72. The number of piperidine rings is 1. The Labute approximate surface area is 115 Å². The molecule has 1 aliphatic heterocycles. The number of carbonyl (C=O) groups is 2. The molecular formula is C11H19IN2O3. The van der Waals surface area contributed by atoms with Crippen LogP contribution < -0.4 is 5.32 Å². The lowest BCUT2D eigenvalue weighted by Crippen LogP contribution is -2.46. The number of hydrogen-bond acceptors (Lipinski definition) is 3. The Hall–Kier alpha value is -0.530. The number of rotatable bonds is 1. The van der Waals surface area contributed by atoms with Gasteiger partial charge in [-0.15, -0.1) is 0 Å². The van der Waals surface area contributed by atoms with Crippen molar-refractivity contribution in [1.82, 2.24) is 10.2 Å². The third-order valence-corrected chi connectivity index (χ3v) is 2.78. The summed E-state index contributed by atoms with van der Waals surface area (Å²) >= 11 is 1.73. The van der Waals surface area contributed by atoms with Crippen LogP contribution in [-0.2, 0) is 4.74 Å². The van der Waals surface area contributed by atoms with Crippen molar-refractivity contribution >= 4 is 32.6 Å². The summed E-state index contributed by atoms with van der Waals surface area (Å²) in [5, 5.41) is 2.86. The topological polar surface area (TPSA) is 58.6 Å². The fourth-order valence-corrected chi connectivity index (χ4v) is 2.13. The maximum absolute atomic E-state index is 11.8. The quantitative estimate of drug-likeness (QED) is 0.447. The molecule has 1 N–H and O–H groups in total. The lowest BCUT2D eigenvalue weighted by molar-refractivity contribution is 0.0202. The highest BCUT2D eigenvalue weighted by Crippen LogP contribution is 2.15. The molecule has 0 radical (unpaired) electrons. The van der Waals surface area contributed by atoms with E-state index in [1.54, 1.807) is 27.5 Å². The second-order valence-electron chi connectivity index (χ2n) is 5.16. The van der Waals surface area contributed by atoms with Crippen LogP contribution in [0.15, 0.2) is 0 Å². The molecule has 1 fully saturated rings. The highest BCUT2D eigenvalue weighted by Gasteiger charge is 2.26. The molecular weight excluding hydrogens is 335 g/mol. The molecule has 1 heterocycles. The minimum atomic E-state index is -0.454. The lowest BCUT2D eigenvalue weighted by Gasteiger charge is -2.33. The average Bonchev–Trinajstić information content (AvgIpc) is 2.15. The Morgan fingerprint density at radius 1 is 1.29 bits per heavy atom. The number of ether oxygens (including phenoxy) is 1. The summed E-state index contributed by atoms with van der Waals surface area (Å²) < 4.78 is 5.25. The zero-order valence-electron chi connectivity index (χ0n) is 10.5. The highest BCUT2D eigenvalue weighted by atomic mass is 127. The van der Waals surface area contributed by atoms with Gasteiger partial charge in [-0.05, 0) is 33.6 Å². The number of likely N-dealkylation sites (tertiary alicyclic amines) is 1. The third kappa shape index (κ3) is 5.56. The van der Waals surface area contributed by atoms with Crippen molar-refractivity contribution in [3.63, 3.8) is 0 Å². The number of nitrogens with one attached hydrogen (secondary N) is 1. The van der Waals surface area contributed by atoms with Crippen molar-refractivity contribution in [2.75, 3.05) is 13.1 Å². The summed E-state index contributed by atoms with van der Waals surface area (Å²) in [6, 6.07) is 0.179. The molecule has 6 heteroatoms. The van der Waals surface area contributed by atoms with E-state index in [9.17, 15) is 9.59 Å². The molecule has 98 valence electrons. The minimum Gasteiger partial charge on any atom is -0.444 e. The predicted molar refractivity (Wildman–Crippen MR) is 73.4 cm³/mol. The van der Waals surface area contributed by atoms with E-state index in [-0.39, 0.29) is 16.0 Å². The monoisotopic (exact) mass is 354 g/mol. The van der Waals surface area contributed by atoms with Gasteiger partial charge < -0.3 is 15.0 Å². The zero-order valence-corrected chi connectivity index (χ0v) is 12.6. The molecule has 0 aromatic heterocycles. The summed E-state index contributed by atoms with van der Waals surface area (Å²) in [6.07, 6.45) is 1.30. The highest BCUT2D eigenvalue weighted by molar-refractivity contribution is 14.1. The second kappa shape index (κ2) is 5.88. The van der Waals surface area contributed by atoms with Gasteiger partial charge >= 0.3 is 6.09 Å². The molecule has 0 aromatic rings. The summed E-state index contributed by atoms with van der Waals surface area (Å²) in [6.45, 7) is 6.84. The third-order valence-electron chi connectivity index (χ3n) is 2.46. The number of carbonyl (C=O) groups excluding carboxylic acids is 2. The van der Waals surface area contributed by atoms with E-state index >= 15 is 0 Å². The van der Waals surface area contributed by atoms with Gasteiger partial charge in [-0.25, -0.2) is 4.79 Å². The molecule has 5 nitrogen and oxygen atoms in total. The maximum atomic E-state index is 11.8. The molecule has 1 saturated heterocycles. The van der Waals surface area contributed by atoms with Gasteiger partial charge in [0.05, 0.1) is 0 Å². The van der Waals surface area contributed by atoms with Gasteiger partial charge in [0.15, 0.2) is 0 Å². The van der Waals surface area contributed by atoms with E-state index in [4.69, 9.17) is 4.74 Å². The number of nitrogens with zero attached hydrogens (tertiary/aromatic N) is 1. The van der Waals surface area contributed by atoms with E-state index in [2.05, 4.69) is 5.32 Å². The Morgan fingerprint density at radius 3 is 2.24 bits per heavy atom. The van der Waals surface area contributed by atoms with Gasteiger partial charge in [0.1, 0.15) is 5.60 Å². The summed E-state index contributed by atoms with van der Waals surface area (Å²) in [5.74, 6) is 0. The molecule has 0 saturated carbocycles. The number of amides is 2. The Morgan fingerprint density at radius 2 is 1.82 bits per heavy atom. The molecule has 0 unspecified atom stereocenters. The first kappa shape index (κ1) is 14.5. The van der Waals surface area contributed by atoms with Crippen molar-refractivity contribution in [1.29, 1.82) is 0 Å². The fraction of sp³-hybridized carbons (Fsp3) is 0.818. The summed E-state index contributed by atoms with van der Waals surface area (Å²) in [5.41, 5.74) is -0.454. The summed E-state index contributed by atoms with van der Waals surface area (Å²) in [4.78, 5) is 24.3. The molecule has 0 bridgehead atoms. The minimum absolute atomic E-state index is 0.0432. The fourth-order valence-electron chi connectivity index (χ4n) is 1.69. The van der Waals surface area contributed by atoms with Gasteiger partial charge in [-0.3, -0.25) is 4.79 Å². The van der Waals surface area contributed by atoms with E-state index in [1.807, 2.05) is 20.8 Å². The van der Waals surface area contributed by atoms with Crippen LogP contribution in [0, 0.1) is 0 Å². The van der Waals surface area contributed by atoms with Crippen molar-refractivity contribution in [2.24, 2.45) is 0 Å². The Kier molecular flexibility index (Phi) is 5.03. The van der Waals surface area contributed by atoms with Crippen LogP contribution in [0.25, 0.3) is 0 Å². The standard InChI is InChI=1S/C11H19IN2O3/c1-11(2,3)17-10(16)14-6-4-8(5-7-14)13-9(12)15/h8H,4-7H2,1-3H3,(H,13,15). The first-order valence-corrected chi connectivity index (χ1v) is 6.80. The van der Waals surface area contributed by atoms with Gasteiger partial charge in [0.2, 0.25) is 0 Å². The van der Waals surface area contributed by atoms with Gasteiger partial charge in [0, 0.05) is 41.7 Å². The van der Waals surface area contributed by atoms with Crippen molar-refractivity contribution < 1.29 is 14.3 Å². The van der Waals surface area contributed by atoms with Crippen LogP contribution in [0.5, 0.6) is 0 Å².